The van der Waals surface area contributed by atoms with Gasteiger partial charge in [-0.1, -0.05) is 23.2 Å². The van der Waals surface area contributed by atoms with Crippen molar-refractivity contribution in [2.75, 3.05) is 27.2 Å². The minimum atomic E-state index is -0.168. The number of rotatable bonds is 3. The first-order chi connectivity index (χ1) is 9.06. The molecule has 1 N–H and O–H groups in total. The predicted molar refractivity (Wildman–Crippen MR) is 76.4 cm³/mol. The third kappa shape index (κ3) is 2.81. The van der Waals surface area contributed by atoms with E-state index in [1.807, 2.05) is 0 Å². The Morgan fingerprint density at radius 2 is 2.11 bits per heavy atom. The molecule has 1 aliphatic rings. The van der Waals surface area contributed by atoms with Crippen molar-refractivity contribution in [1.82, 2.24) is 10.2 Å². The molecule has 1 aromatic carbocycles. The highest BCUT2D eigenvalue weighted by atomic mass is 35.5. The maximum absolute atomic E-state index is 12.6. The van der Waals surface area contributed by atoms with Crippen LogP contribution in [0.15, 0.2) is 12.1 Å². The van der Waals surface area contributed by atoms with Crippen molar-refractivity contribution in [3.8, 4) is 5.75 Å². The van der Waals surface area contributed by atoms with Crippen LogP contribution in [0.3, 0.4) is 0 Å². The first kappa shape index (κ1) is 14.4. The van der Waals surface area contributed by atoms with Gasteiger partial charge in [0.25, 0.3) is 5.91 Å². The zero-order valence-electron chi connectivity index (χ0n) is 10.9. The van der Waals surface area contributed by atoms with Crippen LogP contribution in [0.4, 0.5) is 0 Å². The number of hydrogen-bond donors (Lipinski definition) is 1. The Balaban J connectivity index is 2.34. The summed E-state index contributed by atoms with van der Waals surface area (Å²) < 4.78 is 5.21. The van der Waals surface area contributed by atoms with E-state index in [9.17, 15) is 4.79 Å². The van der Waals surface area contributed by atoms with Gasteiger partial charge < -0.3 is 15.0 Å². The van der Waals surface area contributed by atoms with E-state index in [0.717, 1.165) is 19.5 Å². The van der Waals surface area contributed by atoms with E-state index in [2.05, 4.69) is 5.32 Å². The van der Waals surface area contributed by atoms with Crippen molar-refractivity contribution in [3.63, 3.8) is 0 Å². The van der Waals surface area contributed by atoms with Gasteiger partial charge in [0.1, 0.15) is 5.56 Å². The van der Waals surface area contributed by atoms with Crippen molar-refractivity contribution < 1.29 is 9.53 Å². The molecule has 0 radical (unpaired) electrons. The highest BCUT2D eigenvalue weighted by Gasteiger charge is 2.28. The highest BCUT2D eigenvalue weighted by molar-refractivity contribution is 6.37. The summed E-state index contributed by atoms with van der Waals surface area (Å²) in [6.45, 7) is 1.71. The summed E-state index contributed by atoms with van der Waals surface area (Å²) in [6, 6.07) is 3.41. The van der Waals surface area contributed by atoms with E-state index in [4.69, 9.17) is 27.9 Å². The van der Waals surface area contributed by atoms with Crippen molar-refractivity contribution in [1.29, 1.82) is 0 Å². The average molecular weight is 303 g/mol. The van der Waals surface area contributed by atoms with Gasteiger partial charge in [0.2, 0.25) is 0 Å². The highest BCUT2D eigenvalue weighted by Crippen LogP contribution is 2.34. The summed E-state index contributed by atoms with van der Waals surface area (Å²) in [5.41, 5.74) is 0.325. The first-order valence-electron chi connectivity index (χ1n) is 6.06. The SMILES string of the molecule is COc1c(Cl)ccc(Cl)c1C(=O)N(C)C1CCNC1. The van der Waals surface area contributed by atoms with Gasteiger partial charge in [-0.3, -0.25) is 4.79 Å². The van der Waals surface area contributed by atoms with Crippen LogP contribution < -0.4 is 10.1 Å². The molecule has 1 atom stereocenters. The minimum absolute atomic E-state index is 0.168. The molecule has 0 spiro atoms. The number of likely N-dealkylation sites (N-methyl/N-ethyl adjacent to an activating group) is 1. The molecular weight excluding hydrogens is 287 g/mol. The van der Waals surface area contributed by atoms with Crippen LogP contribution in [-0.4, -0.2) is 44.1 Å². The van der Waals surface area contributed by atoms with Gasteiger partial charge in [-0.25, -0.2) is 0 Å². The lowest BCUT2D eigenvalue weighted by Gasteiger charge is -2.25. The van der Waals surface area contributed by atoms with E-state index >= 15 is 0 Å². The van der Waals surface area contributed by atoms with Crippen molar-refractivity contribution in [2.45, 2.75) is 12.5 Å². The summed E-state index contributed by atoms with van der Waals surface area (Å²) >= 11 is 12.2. The Hall–Kier alpha value is -0.970. The molecule has 0 bridgehead atoms. The third-order valence-electron chi connectivity index (χ3n) is 3.38. The maximum atomic E-state index is 12.6. The number of ether oxygens (including phenoxy) is 1. The van der Waals surface area contributed by atoms with Gasteiger partial charge in [-0.05, 0) is 25.1 Å². The van der Waals surface area contributed by atoms with E-state index in [0.29, 0.717) is 21.4 Å². The Kier molecular flexibility index (Phi) is 4.55. The van der Waals surface area contributed by atoms with Gasteiger partial charge in [-0.2, -0.15) is 0 Å². The quantitative estimate of drug-likeness (QED) is 0.932. The maximum Gasteiger partial charge on any atom is 0.259 e. The molecule has 1 fully saturated rings. The zero-order valence-corrected chi connectivity index (χ0v) is 12.4. The Bertz CT molecular complexity index is 488. The first-order valence-corrected chi connectivity index (χ1v) is 6.81. The molecule has 104 valence electrons. The van der Waals surface area contributed by atoms with Crippen molar-refractivity contribution >= 4 is 29.1 Å². The molecule has 19 heavy (non-hydrogen) atoms. The number of halogens is 2. The number of carbonyl (C=O) groups is 1. The number of amides is 1. The summed E-state index contributed by atoms with van der Waals surface area (Å²) in [7, 11) is 3.25. The second kappa shape index (κ2) is 5.99. The van der Waals surface area contributed by atoms with Gasteiger partial charge in [-0.15, -0.1) is 0 Å². The van der Waals surface area contributed by atoms with Gasteiger partial charge in [0, 0.05) is 19.6 Å². The number of benzene rings is 1. The number of methoxy groups -OCH3 is 1. The Labute approximate surface area is 122 Å². The second-order valence-electron chi connectivity index (χ2n) is 4.50. The van der Waals surface area contributed by atoms with Gasteiger partial charge in [0.15, 0.2) is 5.75 Å². The topological polar surface area (TPSA) is 41.6 Å². The predicted octanol–water partition coefficient (Wildman–Crippen LogP) is 2.44. The number of nitrogens with one attached hydrogen (secondary N) is 1. The molecular formula is C13H16Cl2N2O2. The molecule has 2 rings (SSSR count). The molecule has 1 amide bonds. The van der Waals surface area contributed by atoms with Gasteiger partial charge in [0.05, 0.1) is 17.2 Å². The normalized spacial score (nSPS) is 18.4. The van der Waals surface area contributed by atoms with Crippen LogP contribution >= 0.6 is 23.2 Å². The molecule has 1 heterocycles. The summed E-state index contributed by atoms with van der Waals surface area (Å²) in [5, 5.41) is 3.96. The number of hydrogen-bond acceptors (Lipinski definition) is 3. The third-order valence-corrected chi connectivity index (χ3v) is 3.99. The Morgan fingerprint density at radius 3 is 2.68 bits per heavy atom. The fourth-order valence-corrected chi connectivity index (χ4v) is 2.71. The molecule has 1 aromatic rings. The van der Waals surface area contributed by atoms with Crippen LogP contribution in [-0.2, 0) is 0 Å². The molecule has 0 aliphatic carbocycles. The second-order valence-corrected chi connectivity index (χ2v) is 5.31. The standard InChI is InChI=1S/C13H16Cl2N2O2/c1-17(8-5-6-16-7-8)13(18)11-9(14)3-4-10(15)12(11)19-2/h3-4,8,16H,5-7H2,1-2H3. The summed E-state index contributed by atoms with van der Waals surface area (Å²) in [6.07, 6.45) is 0.933. The molecule has 0 aromatic heterocycles. The fourth-order valence-electron chi connectivity index (χ4n) is 2.24. The van der Waals surface area contributed by atoms with Crippen molar-refractivity contribution in [3.05, 3.63) is 27.7 Å². The van der Waals surface area contributed by atoms with Gasteiger partial charge >= 0.3 is 0 Å². The summed E-state index contributed by atoms with van der Waals surface area (Å²) in [4.78, 5) is 14.3. The zero-order chi connectivity index (χ0) is 14.0. The van der Waals surface area contributed by atoms with E-state index in [1.165, 1.54) is 7.11 Å². The van der Waals surface area contributed by atoms with E-state index in [1.54, 1.807) is 24.1 Å². The molecule has 1 saturated heterocycles. The average Bonchev–Trinajstić information content (AvgIpc) is 2.93. The molecule has 4 nitrogen and oxygen atoms in total. The molecule has 0 saturated carbocycles. The number of nitrogens with zero attached hydrogens (tertiary/aromatic N) is 1. The monoisotopic (exact) mass is 302 g/mol. The van der Waals surface area contributed by atoms with Crippen LogP contribution in [0.1, 0.15) is 16.8 Å². The minimum Gasteiger partial charge on any atom is -0.494 e. The largest absolute Gasteiger partial charge is 0.494 e. The van der Waals surface area contributed by atoms with Crippen LogP contribution in [0, 0.1) is 0 Å². The van der Waals surface area contributed by atoms with Crippen LogP contribution in [0.25, 0.3) is 0 Å². The van der Waals surface area contributed by atoms with Crippen LogP contribution in [0.2, 0.25) is 10.0 Å². The van der Waals surface area contributed by atoms with Crippen LogP contribution in [0.5, 0.6) is 5.75 Å². The number of carbonyl (C=O) groups excluding carboxylic acids is 1. The lowest BCUT2D eigenvalue weighted by molar-refractivity contribution is 0.0740. The molecule has 1 unspecified atom stereocenters. The lowest BCUT2D eigenvalue weighted by atomic mass is 10.1. The summed E-state index contributed by atoms with van der Waals surface area (Å²) in [5.74, 6) is 0.162. The van der Waals surface area contributed by atoms with E-state index < -0.39 is 0 Å². The molecule has 1 aliphatic heterocycles. The molecule has 6 heteroatoms. The van der Waals surface area contributed by atoms with E-state index in [-0.39, 0.29) is 11.9 Å². The fraction of sp³-hybridized carbons (Fsp3) is 0.462. The smallest absolute Gasteiger partial charge is 0.259 e. The van der Waals surface area contributed by atoms with Crippen molar-refractivity contribution in [2.24, 2.45) is 0 Å². The Morgan fingerprint density at radius 1 is 1.42 bits per heavy atom. The lowest BCUT2D eigenvalue weighted by Crippen LogP contribution is -2.38.